The Morgan fingerprint density at radius 2 is 1.81 bits per heavy atom. The number of piperazine rings is 1. The van der Waals surface area contributed by atoms with E-state index in [0.29, 0.717) is 11.8 Å². The molecular weight excluding hydrogens is 202 g/mol. The lowest BCUT2D eigenvalue weighted by Gasteiger charge is -2.36. The second-order valence-corrected chi connectivity index (χ2v) is 5.38. The summed E-state index contributed by atoms with van der Waals surface area (Å²) < 4.78 is 0. The predicted molar refractivity (Wildman–Crippen MR) is 62.2 cm³/mol. The van der Waals surface area contributed by atoms with E-state index in [1.165, 1.54) is 12.8 Å². The quantitative estimate of drug-likeness (QED) is 0.726. The molecule has 0 unspecified atom stereocenters. The number of carbonyl (C=O) groups excluding carboxylic acids is 1. The van der Waals surface area contributed by atoms with Crippen LogP contribution in [0.15, 0.2) is 0 Å². The van der Waals surface area contributed by atoms with Crippen molar-refractivity contribution in [1.82, 2.24) is 15.1 Å². The Kier molecular flexibility index (Phi) is 2.86. The highest BCUT2D eigenvalue weighted by Gasteiger charge is 2.32. The minimum Gasteiger partial charge on any atom is -0.340 e. The average molecular weight is 223 g/mol. The van der Waals surface area contributed by atoms with Crippen LogP contribution in [0.3, 0.4) is 0 Å². The second-order valence-electron chi connectivity index (χ2n) is 5.38. The second kappa shape index (κ2) is 4.34. The third kappa shape index (κ3) is 2.23. The third-order valence-electron chi connectivity index (χ3n) is 4.06. The number of hydrogen-bond acceptors (Lipinski definition) is 3. The largest absolute Gasteiger partial charge is 0.340 e. The number of carbonyl (C=O) groups is 1. The number of nitrogens with one attached hydrogen (secondary N) is 1. The molecule has 2 saturated heterocycles. The van der Waals surface area contributed by atoms with Crippen LogP contribution in [0, 0.1) is 5.92 Å². The zero-order valence-corrected chi connectivity index (χ0v) is 9.82. The van der Waals surface area contributed by atoms with Crippen molar-refractivity contribution < 1.29 is 4.79 Å². The van der Waals surface area contributed by atoms with Gasteiger partial charge in [-0.3, -0.25) is 9.69 Å². The molecule has 0 radical (unpaired) electrons. The Balaban J connectivity index is 1.43. The molecule has 0 aromatic heterocycles. The van der Waals surface area contributed by atoms with Gasteiger partial charge in [-0.05, 0) is 31.8 Å². The van der Waals surface area contributed by atoms with Gasteiger partial charge in [0.15, 0.2) is 0 Å². The summed E-state index contributed by atoms with van der Waals surface area (Å²) in [6.07, 6.45) is 3.51. The molecule has 2 heterocycles. The summed E-state index contributed by atoms with van der Waals surface area (Å²) >= 11 is 0. The maximum atomic E-state index is 12.0. The lowest BCUT2D eigenvalue weighted by Crippen LogP contribution is -2.51. The van der Waals surface area contributed by atoms with Crippen molar-refractivity contribution in [1.29, 1.82) is 0 Å². The summed E-state index contributed by atoms with van der Waals surface area (Å²) in [6.45, 7) is 6.17. The fraction of sp³-hybridized carbons (Fsp3) is 0.917. The van der Waals surface area contributed by atoms with Gasteiger partial charge in [0.05, 0.1) is 0 Å². The van der Waals surface area contributed by atoms with Crippen molar-refractivity contribution in [3.05, 3.63) is 0 Å². The van der Waals surface area contributed by atoms with Gasteiger partial charge in [0, 0.05) is 38.6 Å². The van der Waals surface area contributed by atoms with Gasteiger partial charge < -0.3 is 10.2 Å². The van der Waals surface area contributed by atoms with Crippen molar-refractivity contribution in [3.8, 4) is 0 Å². The number of hydrogen-bond donors (Lipinski definition) is 1. The molecule has 0 atom stereocenters. The molecule has 90 valence electrons. The van der Waals surface area contributed by atoms with Crippen LogP contribution in [0.5, 0.6) is 0 Å². The van der Waals surface area contributed by atoms with Crippen LogP contribution in [0.2, 0.25) is 0 Å². The maximum absolute atomic E-state index is 12.0. The Hall–Kier alpha value is -0.610. The topological polar surface area (TPSA) is 35.6 Å². The molecule has 1 N–H and O–H groups in total. The molecule has 1 saturated carbocycles. The van der Waals surface area contributed by atoms with E-state index in [1.54, 1.807) is 0 Å². The normalized spacial score (nSPS) is 27.9. The van der Waals surface area contributed by atoms with Crippen LogP contribution in [-0.4, -0.2) is 61.0 Å². The summed E-state index contributed by atoms with van der Waals surface area (Å²) in [5.74, 6) is 0.982. The Bertz CT molecular complexity index is 265. The molecule has 0 aromatic carbocycles. The molecule has 4 heteroatoms. The summed E-state index contributed by atoms with van der Waals surface area (Å²) in [6, 6.07) is 0.855. The van der Waals surface area contributed by atoms with Crippen LogP contribution in [0.1, 0.15) is 19.3 Å². The standard InChI is InChI=1S/C12H21N3O/c16-12(7-10-8-13-9-10)15-5-3-14(4-6-15)11-1-2-11/h10-11,13H,1-9H2. The molecule has 3 rings (SSSR count). The Morgan fingerprint density at radius 1 is 1.12 bits per heavy atom. The van der Waals surface area contributed by atoms with E-state index in [1.807, 2.05) is 0 Å². The van der Waals surface area contributed by atoms with Crippen molar-refractivity contribution >= 4 is 5.91 Å². The first-order valence-electron chi connectivity index (χ1n) is 6.55. The van der Waals surface area contributed by atoms with E-state index >= 15 is 0 Å². The molecule has 2 aliphatic heterocycles. The molecule has 4 nitrogen and oxygen atoms in total. The van der Waals surface area contributed by atoms with Crippen LogP contribution in [0.25, 0.3) is 0 Å². The van der Waals surface area contributed by atoms with E-state index in [0.717, 1.165) is 51.7 Å². The molecule has 1 amide bonds. The first-order valence-corrected chi connectivity index (χ1v) is 6.55. The van der Waals surface area contributed by atoms with E-state index in [4.69, 9.17) is 0 Å². The van der Waals surface area contributed by atoms with Crippen molar-refractivity contribution in [2.24, 2.45) is 5.92 Å². The van der Waals surface area contributed by atoms with E-state index in [-0.39, 0.29) is 0 Å². The summed E-state index contributed by atoms with van der Waals surface area (Å²) in [7, 11) is 0. The van der Waals surface area contributed by atoms with Gasteiger partial charge in [-0.25, -0.2) is 0 Å². The fourth-order valence-electron chi connectivity index (χ4n) is 2.65. The average Bonchev–Trinajstić information content (AvgIpc) is 3.07. The Morgan fingerprint density at radius 3 is 2.31 bits per heavy atom. The molecule has 1 aliphatic carbocycles. The van der Waals surface area contributed by atoms with Crippen LogP contribution in [0.4, 0.5) is 0 Å². The zero-order valence-electron chi connectivity index (χ0n) is 9.82. The van der Waals surface area contributed by atoms with E-state index < -0.39 is 0 Å². The molecular formula is C12H21N3O. The lowest BCUT2D eigenvalue weighted by molar-refractivity contribution is -0.134. The SMILES string of the molecule is O=C(CC1CNC1)N1CCN(C2CC2)CC1. The van der Waals surface area contributed by atoms with Crippen LogP contribution in [-0.2, 0) is 4.79 Å². The van der Waals surface area contributed by atoms with Gasteiger partial charge in [-0.15, -0.1) is 0 Å². The van der Waals surface area contributed by atoms with Crippen molar-refractivity contribution in [3.63, 3.8) is 0 Å². The summed E-state index contributed by atoms with van der Waals surface area (Å²) in [4.78, 5) is 16.6. The molecule has 16 heavy (non-hydrogen) atoms. The minimum absolute atomic E-state index is 0.377. The highest BCUT2D eigenvalue weighted by atomic mass is 16.2. The van der Waals surface area contributed by atoms with Gasteiger partial charge in [-0.2, -0.15) is 0 Å². The smallest absolute Gasteiger partial charge is 0.223 e. The van der Waals surface area contributed by atoms with Gasteiger partial charge in [0.1, 0.15) is 0 Å². The fourth-order valence-corrected chi connectivity index (χ4v) is 2.65. The monoisotopic (exact) mass is 223 g/mol. The molecule has 3 aliphatic rings. The van der Waals surface area contributed by atoms with Crippen molar-refractivity contribution in [2.45, 2.75) is 25.3 Å². The third-order valence-corrected chi connectivity index (χ3v) is 4.06. The van der Waals surface area contributed by atoms with Crippen LogP contribution >= 0.6 is 0 Å². The summed E-state index contributed by atoms with van der Waals surface area (Å²) in [5, 5.41) is 3.22. The highest BCUT2D eigenvalue weighted by Crippen LogP contribution is 2.27. The molecule has 0 spiro atoms. The van der Waals surface area contributed by atoms with Crippen LogP contribution < -0.4 is 5.32 Å². The number of nitrogens with zero attached hydrogens (tertiary/aromatic N) is 2. The minimum atomic E-state index is 0.377. The lowest BCUT2D eigenvalue weighted by atomic mass is 9.98. The highest BCUT2D eigenvalue weighted by molar-refractivity contribution is 5.76. The number of rotatable bonds is 3. The van der Waals surface area contributed by atoms with Crippen molar-refractivity contribution in [2.75, 3.05) is 39.3 Å². The van der Waals surface area contributed by atoms with E-state index in [9.17, 15) is 4.79 Å². The maximum Gasteiger partial charge on any atom is 0.223 e. The first kappa shape index (κ1) is 10.5. The Labute approximate surface area is 97.0 Å². The van der Waals surface area contributed by atoms with Gasteiger partial charge in [0.2, 0.25) is 5.91 Å². The molecule has 0 bridgehead atoms. The number of amides is 1. The van der Waals surface area contributed by atoms with Gasteiger partial charge in [0.25, 0.3) is 0 Å². The predicted octanol–water partition coefficient (Wildman–Crippen LogP) is -0.0975. The molecule has 0 aromatic rings. The summed E-state index contributed by atoms with van der Waals surface area (Å²) in [5.41, 5.74) is 0. The van der Waals surface area contributed by atoms with Gasteiger partial charge in [-0.1, -0.05) is 0 Å². The first-order chi connectivity index (χ1) is 7.83. The van der Waals surface area contributed by atoms with Gasteiger partial charge >= 0.3 is 0 Å². The molecule has 3 fully saturated rings. The van der Waals surface area contributed by atoms with E-state index in [2.05, 4.69) is 15.1 Å². The zero-order chi connectivity index (χ0) is 11.0.